The highest BCUT2D eigenvalue weighted by molar-refractivity contribution is 7.15. The van der Waals surface area contributed by atoms with Crippen LogP contribution in [-0.2, 0) is 6.42 Å². The summed E-state index contributed by atoms with van der Waals surface area (Å²) in [7, 11) is 0. The van der Waals surface area contributed by atoms with Crippen LogP contribution in [0.3, 0.4) is 0 Å². The van der Waals surface area contributed by atoms with Gasteiger partial charge in [-0.1, -0.05) is 12.1 Å². The Morgan fingerprint density at radius 1 is 1.57 bits per heavy atom. The molecule has 0 amide bonds. The SMILES string of the molecule is CCc1nc(-c2cc(N)c(C)s2)no1. The van der Waals surface area contributed by atoms with Crippen molar-refractivity contribution in [3.05, 3.63) is 16.8 Å². The van der Waals surface area contributed by atoms with Crippen molar-refractivity contribution in [2.24, 2.45) is 0 Å². The summed E-state index contributed by atoms with van der Waals surface area (Å²) in [6.07, 6.45) is 0.757. The van der Waals surface area contributed by atoms with E-state index in [0.29, 0.717) is 11.7 Å². The van der Waals surface area contributed by atoms with Gasteiger partial charge in [-0.05, 0) is 13.0 Å². The first-order chi connectivity index (χ1) is 6.70. The first kappa shape index (κ1) is 9.21. The molecule has 0 saturated heterocycles. The second kappa shape index (κ2) is 3.42. The summed E-state index contributed by atoms with van der Waals surface area (Å²) in [5.41, 5.74) is 6.53. The smallest absolute Gasteiger partial charge is 0.226 e. The van der Waals surface area contributed by atoms with E-state index in [9.17, 15) is 0 Å². The van der Waals surface area contributed by atoms with Crippen LogP contribution in [0.25, 0.3) is 10.7 Å². The van der Waals surface area contributed by atoms with Crippen LogP contribution in [0.4, 0.5) is 5.69 Å². The molecule has 2 aromatic rings. The molecule has 0 unspecified atom stereocenters. The number of hydrogen-bond donors (Lipinski definition) is 1. The fraction of sp³-hybridized carbons (Fsp3) is 0.333. The molecule has 0 atom stereocenters. The van der Waals surface area contributed by atoms with Gasteiger partial charge in [0.1, 0.15) is 0 Å². The van der Waals surface area contributed by atoms with Crippen molar-refractivity contribution in [1.29, 1.82) is 0 Å². The molecule has 0 aromatic carbocycles. The number of aryl methyl sites for hydroxylation is 2. The molecule has 2 aromatic heterocycles. The van der Waals surface area contributed by atoms with Gasteiger partial charge in [-0.2, -0.15) is 4.98 Å². The molecule has 2 rings (SSSR count). The number of thiophene rings is 1. The van der Waals surface area contributed by atoms with E-state index in [1.807, 2.05) is 19.9 Å². The van der Waals surface area contributed by atoms with Crippen LogP contribution in [0.15, 0.2) is 10.6 Å². The van der Waals surface area contributed by atoms with Crippen LogP contribution < -0.4 is 5.73 Å². The van der Waals surface area contributed by atoms with Crippen LogP contribution in [0, 0.1) is 6.92 Å². The maximum Gasteiger partial charge on any atom is 0.226 e. The van der Waals surface area contributed by atoms with E-state index < -0.39 is 0 Å². The Morgan fingerprint density at radius 3 is 2.86 bits per heavy atom. The molecule has 0 aliphatic rings. The fourth-order valence-corrected chi connectivity index (χ4v) is 1.97. The van der Waals surface area contributed by atoms with Crippen molar-refractivity contribution in [2.75, 3.05) is 5.73 Å². The summed E-state index contributed by atoms with van der Waals surface area (Å²) < 4.78 is 5.02. The highest BCUT2D eigenvalue weighted by atomic mass is 32.1. The summed E-state index contributed by atoms with van der Waals surface area (Å²) in [5.74, 6) is 1.29. The molecule has 5 heteroatoms. The van der Waals surface area contributed by atoms with Gasteiger partial charge in [0.25, 0.3) is 0 Å². The van der Waals surface area contributed by atoms with Gasteiger partial charge in [0.05, 0.1) is 4.88 Å². The molecule has 0 aliphatic heterocycles. The summed E-state index contributed by atoms with van der Waals surface area (Å²) in [5, 5.41) is 3.88. The Balaban J connectivity index is 2.39. The van der Waals surface area contributed by atoms with Gasteiger partial charge in [0, 0.05) is 17.0 Å². The summed E-state index contributed by atoms with van der Waals surface area (Å²) in [6, 6.07) is 1.88. The second-order valence-corrected chi connectivity index (χ2v) is 4.24. The standard InChI is InChI=1S/C9H11N3OS/c1-3-8-11-9(12-13-8)7-4-6(10)5(2)14-7/h4H,3,10H2,1-2H3. The first-order valence-electron chi connectivity index (χ1n) is 4.39. The largest absolute Gasteiger partial charge is 0.398 e. The van der Waals surface area contributed by atoms with E-state index in [4.69, 9.17) is 10.3 Å². The molecule has 2 heterocycles. The molecular weight excluding hydrogens is 198 g/mol. The van der Waals surface area contributed by atoms with Crippen molar-refractivity contribution in [3.8, 4) is 10.7 Å². The van der Waals surface area contributed by atoms with Gasteiger partial charge in [0.2, 0.25) is 11.7 Å². The normalized spacial score (nSPS) is 10.7. The van der Waals surface area contributed by atoms with Gasteiger partial charge in [-0.3, -0.25) is 0 Å². The molecule has 2 N–H and O–H groups in total. The van der Waals surface area contributed by atoms with Gasteiger partial charge in [-0.25, -0.2) is 0 Å². The predicted molar refractivity (Wildman–Crippen MR) is 56.1 cm³/mol. The lowest BCUT2D eigenvalue weighted by molar-refractivity contribution is 0.383. The van der Waals surface area contributed by atoms with E-state index in [1.54, 1.807) is 11.3 Å². The maximum atomic E-state index is 5.74. The Morgan fingerprint density at radius 2 is 2.36 bits per heavy atom. The van der Waals surface area contributed by atoms with Crippen LogP contribution in [0.2, 0.25) is 0 Å². The van der Waals surface area contributed by atoms with Crippen molar-refractivity contribution >= 4 is 17.0 Å². The zero-order valence-electron chi connectivity index (χ0n) is 8.07. The number of nitrogens with zero attached hydrogens (tertiary/aromatic N) is 2. The maximum absolute atomic E-state index is 5.74. The van der Waals surface area contributed by atoms with Crippen LogP contribution in [0.5, 0.6) is 0 Å². The van der Waals surface area contributed by atoms with Crippen molar-refractivity contribution in [1.82, 2.24) is 10.1 Å². The van der Waals surface area contributed by atoms with Crippen molar-refractivity contribution < 1.29 is 4.52 Å². The zero-order chi connectivity index (χ0) is 10.1. The number of nitrogen functional groups attached to an aromatic ring is 1. The average molecular weight is 209 g/mol. The average Bonchev–Trinajstić information content (AvgIpc) is 2.74. The molecule has 0 bridgehead atoms. The van der Waals surface area contributed by atoms with Crippen LogP contribution in [0.1, 0.15) is 17.7 Å². The summed E-state index contributed by atoms with van der Waals surface area (Å²) in [6.45, 7) is 3.95. The number of hydrogen-bond acceptors (Lipinski definition) is 5. The van der Waals surface area contributed by atoms with Gasteiger partial charge < -0.3 is 10.3 Å². The quantitative estimate of drug-likeness (QED) is 0.823. The topological polar surface area (TPSA) is 64.9 Å². The van der Waals surface area contributed by atoms with Gasteiger partial charge in [-0.15, -0.1) is 11.3 Å². The minimum atomic E-state index is 0.631. The Hall–Kier alpha value is -1.36. The van der Waals surface area contributed by atoms with Gasteiger partial charge >= 0.3 is 0 Å². The highest BCUT2D eigenvalue weighted by Crippen LogP contribution is 2.30. The third-order valence-corrected chi connectivity index (χ3v) is 3.01. The zero-order valence-corrected chi connectivity index (χ0v) is 8.89. The summed E-state index contributed by atoms with van der Waals surface area (Å²) in [4.78, 5) is 6.28. The molecule has 4 nitrogen and oxygen atoms in total. The highest BCUT2D eigenvalue weighted by Gasteiger charge is 2.10. The lowest BCUT2D eigenvalue weighted by atomic mass is 10.4. The molecule has 0 saturated carbocycles. The Bertz CT molecular complexity index is 427. The first-order valence-corrected chi connectivity index (χ1v) is 5.21. The number of anilines is 1. The Labute approximate surface area is 85.7 Å². The lowest BCUT2D eigenvalue weighted by Crippen LogP contribution is -1.81. The molecule has 74 valence electrons. The van der Waals surface area contributed by atoms with Gasteiger partial charge in [0.15, 0.2) is 0 Å². The van der Waals surface area contributed by atoms with Crippen LogP contribution >= 0.6 is 11.3 Å². The molecule has 0 fully saturated rings. The van der Waals surface area contributed by atoms with E-state index in [-0.39, 0.29) is 0 Å². The third-order valence-electron chi connectivity index (χ3n) is 1.95. The Kier molecular flexibility index (Phi) is 2.25. The van der Waals surface area contributed by atoms with Crippen molar-refractivity contribution in [2.45, 2.75) is 20.3 Å². The molecule has 14 heavy (non-hydrogen) atoms. The van der Waals surface area contributed by atoms with Crippen molar-refractivity contribution in [3.63, 3.8) is 0 Å². The molecule has 0 radical (unpaired) electrons. The van der Waals surface area contributed by atoms with E-state index in [0.717, 1.165) is 21.9 Å². The molecule has 0 aliphatic carbocycles. The second-order valence-electron chi connectivity index (χ2n) is 2.99. The summed E-state index contributed by atoms with van der Waals surface area (Å²) >= 11 is 1.58. The monoisotopic (exact) mass is 209 g/mol. The number of nitrogens with two attached hydrogens (primary N) is 1. The van der Waals surface area contributed by atoms with E-state index in [1.165, 1.54) is 0 Å². The predicted octanol–water partition coefficient (Wildman–Crippen LogP) is 2.25. The third kappa shape index (κ3) is 1.50. The fourth-order valence-electron chi connectivity index (χ4n) is 1.10. The number of aromatic nitrogens is 2. The minimum Gasteiger partial charge on any atom is -0.398 e. The van der Waals surface area contributed by atoms with Crippen LogP contribution in [-0.4, -0.2) is 10.1 Å². The molecule has 0 spiro atoms. The lowest BCUT2D eigenvalue weighted by Gasteiger charge is -1.82. The van der Waals surface area contributed by atoms with E-state index >= 15 is 0 Å². The minimum absolute atomic E-state index is 0.631. The molecular formula is C9H11N3OS. The van der Waals surface area contributed by atoms with E-state index in [2.05, 4.69) is 10.1 Å². The number of rotatable bonds is 2.